The van der Waals surface area contributed by atoms with Gasteiger partial charge in [-0.15, -0.1) is 0 Å². The predicted octanol–water partition coefficient (Wildman–Crippen LogP) is 3.45. The highest BCUT2D eigenvalue weighted by Gasteiger charge is 2.25. The van der Waals surface area contributed by atoms with Crippen molar-refractivity contribution in [2.24, 2.45) is 11.8 Å². The largest absolute Gasteiger partial charge is 0.370 e. The van der Waals surface area contributed by atoms with Crippen molar-refractivity contribution < 1.29 is 0 Å². The third-order valence-electron chi connectivity index (χ3n) is 4.37. The minimum atomic E-state index is 0.550. The van der Waals surface area contributed by atoms with Crippen LogP contribution in [0.15, 0.2) is 6.33 Å². The maximum atomic E-state index is 4.40. The molecular formula is C15H26N4. The van der Waals surface area contributed by atoms with E-state index < -0.39 is 0 Å². The van der Waals surface area contributed by atoms with Crippen molar-refractivity contribution in [3.63, 3.8) is 0 Å². The zero-order valence-electron chi connectivity index (χ0n) is 12.5. The summed E-state index contributed by atoms with van der Waals surface area (Å²) in [5, 5.41) is 6.89. The van der Waals surface area contributed by atoms with Gasteiger partial charge in [-0.05, 0) is 44.9 Å². The number of anilines is 2. The van der Waals surface area contributed by atoms with E-state index in [-0.39, 0.29) is 0 Å². The Hall–Kier alpha value is -1.32. The average Bonchev–Trinajstić information content (AvgIpc) is 2.39. The van der Waals surface area contributed by atoms with Crippen molar-refractivity contribution in [1.82, 2.24) is 9.97 Å². The SMILES string of the molecule is CCNc1ncnc(NC2CCC(C)C(C)C2)c1C. The maximum absolute atomic E-state index is 4.40. The third kappa shape index (κ3) is 3.37. The number of hydrogen-bond acceptors (Lipinski definition) is 4. The van der Waals surface area contributed by atoms with Crippen LogP contribution in [0.2, 0.25) is 0 Å². The first kappa shape index (κ1) is 14.1. The Balaban J connectivity index is 2.05. The van der Waals surface area contributed by atoms with Crippen molar-refractivity contribution in [2.45, 2.75) is 53.0 Å². The van der Waals surface area contributed by atoms with E-state index in [1.54, 1.807) is 6.33 Å². The monoisotopic (exact) mass is 262 g/mol. The van der Waals surface area contributed by atoms with E-state index in [1.165, 1.54) is 19.3 Å². The van der Waals surface area contributed by atoms with Crippen LogP contribution in [0.25, 0.3) is 0 Å². The van der Waals surface area contributed by atoms with Crippen molar-refractivity contribution in [1.29, 1.82) is 0 Å². The maximum Gasteiger partial charge on any atom is 0.134 e. The second kappa shape index (κ2) is 6.22. The zero-order chi connectivity index (χ0) is 13.8. The van der Waals surface area contributed by atoms with E-state index in [2.05, 4.69) is 48.3 Å². The van der Waals surface area contributed by atoms with Gasteiger partial charge in [0.25, 0.3) is 0 Å². The van der Waals surface area contributed by atoms with Gasteiger partial charge in [0.05, 0.1) is 0 Å². The molecule has 0 amide bonds. The minimum absolute atomic E-state index is 0.550. The van der Waals surface area contributed by atoms with Gasteiger partial charge in [-0.2, -0.15) is 0 Å². The van der Waals surface area contributed by atoms with Gasteiger partial charge in [0, 0.05) is 18.2 Å². The highest BCUT2D eigenvalue weighted by Crippen LogP contribution is 2.31. The fraction of sp³-hybridized carbons (Fsp3) is 0.733. The van der Waals surface area contributed by atoms with Gasteiger partial charge in [-0.1, -0.05) is 13.8 Å². The molecule has 0 aromatic carbocycles. The van der Waals surface area contributed by atoms with Crippen LogP contribution in [0.1, 0.15) is 45.6 Å². The van der Waals surface area contributed by atoms with Gasteiger partial charge < -0.3 is 10.6 Å². The molecule has 0 spiro atoms. The molecule has 4 heteroatoms. The molecule has 1 aromatic rings. The molecule has 0 radical (unpaired) electrons. The topological polar surface area (TPSA) is 49.8 Å². The number of nitrogens with zero attached hydrogens (tertiary/aromatic N) is 2. The lowest BCUT2D eigenvalue weighted by atomic mass is 9.79. The Morgan fingerprint density at radius 2 is 1.89 bits per heavy atom. The number of nitrogens with one attached hydrogen (secondary N) is 2. The Morgan fingerprint density at radius 3 is 2.58 bits per heavy atom. The molecule has 4 nitrogen and oxygen atoms in total. The molecule has 19 heavy (non-hydrogen) atoms. The van der Waals surface area contributed by atoms with Crippen LogP contribution in [0.3, 0.4) is 0 Å². The molecule has 1 aliphatic carbocycles. The molecule has 3 unspecified atom stereocenters. The second-order valence-corrected chi connectivity index (χ2v) is 5.84. The normalized spacial score (nSPS) is 27.1. The quantitative estimate of drug-likeness (QED) is 0.872. The first-order valence-electron chi connectivity index (χ1n) is 7.43. The summed E-state index contributed by atoms with van der Waals surface area (Å²) in [4.78, 5) is 8.68. The lowest BCUT2D eigenvalue weighted by Gasteiger charge is -2.33. The Morgan fingerprint density at radius 1 is 1.16 bits per heavy atom. The van der Waals surface area contributed by atoms with Crippen LogP contribution in [0.4, 0.5) is 11.6 Å². The molecule has 106 valence electrons. The predicted molar refractivity (Wildman–Crippen MR) is 80.5 cm³/mol. The molecule has 0 bridgehead atoms. The molecule has 2 rings (SSSR count). The van der Waals surface area contributed by atoms with Crippen molar-refractivity contribution >= 4 is 11.6 Å². The van der Waals surface area contributed by atoms with Crippen LogP contribution in [0, 0.1) is 18.8 Å². The summed E-state index contributed by atoms with van der Waals surface area (Å²) in [5.74, 6) is 3.57. The van der Waals surface area contributed by atoms with E-state index in [0.29, 0.717) is 6.04 Å². The molecule has 3 atom stereocenters. The van der Waals surface area contributed by atoms with Crippen molar-refractivity contribution in [2.75, 3.05) is 17.2 Å². The van der Waals surface area contributed by atoms with Gasteiger partial charge >= 0.3 is 0 Å². The lowest BCUT2D eigenvalue weighted by Crippen LogP contribution is -2.31. The van der Waals surface area contributed by atoms with E-state index >= 15 is 0 Å². The van der Waals surface area contributed by atoms with Gasteiger partial charge in [0.1, 0.15) is 18.0 Å². The Labute approximate surface area is 116 Å². The number of hydrogen-bond donors (Lipinski definition) is 2. The van der Waals surface area contributed by atoms with Crippen LogP contribution < -0.4 is 10.6 Å². The van der Waals surface area contributed by atoms with Crippen LogP contribution >= 0.6 is 0 Å². The molecule has 0 saturated heterocycles. The fourth-order valence-electron chi connectivity index (χ4n) is 2.81. The van der Waals surface area contributed by atoms with Gasteiger partial charge in [0.15, 0.2) is 0 Å². The molecule has 2 N–H and O–H groups in total. The van der Waals surface area contributed by atoms with Crippen molar-refractivity contribution in [3.05, 3.63) is 11.9 Å². The number of rotatable bonds is 4. The molecule has 1 fully saturated rings. The smallest absolute Gasteiger partial charge is 0.134 e. The first-order valence-corrected chi connectivity index (χ1v) is 7.43. The molecule has 1 saturated carbocycles. The summed E-state index contributed by atoms with van der Waals surface area (Å²) in [5.41, 5.74) is 1.12. The summed E-state index contributed by atoms with van der Waals surface area (Å²) >= 11 is 0. The highest BCUT2D eigenvalue weighted by molar-refractivity contribution is 5.56. The summed E-state index contributed by atoms with van der Waals surface area (Å²) in [6, 6.07) is 0.550. The van der Waals surface area contributed by atoms with Crippen LogP contribution in [-0.2, 0) is 0 Å². The minimum Gasteiger partial charge on any atom is -0.370 e. The first-order chi connectivity index (χ1) is 9.11. The third-order valence-corrected chi connectivity index (χ3v) is 4.37. The lowest BCUT2D eigenvalue weighted by molar-refractivity contribution is 0.260. The van der Waals surface area contributed by atoms with Gasteiger partial charge in [-0.3, -0.25) is 0 Å². The highest BCUT2D eigenvalue weighted by atomic mass is 15.1. The fourth-order valence-corrected chi connectivity index (χ4v) is 2.81. The molecule has 1 aliphatic rings. The van der Waals surface area contributed by atoms with Crippen LogP contribution in [-0.4, -0.2) is 22.6 Å². The molecule has 0 aliphatic heterocycles. The van der Waals surface area contributed by atoms with E-state index in [4.69, 9.17) is 0 Å². The summed E-state index contributed by atoms with van der Waals surface area (Å²) in [6.07, 6.45) is 5.43. The van der Waals surface area contributed by atoms with E-state index in [9.17, 15) is 0 Å². The van der Waals surface area contributed by atoms with Gasteiger partial charge in [0.2, 0.25) is 0 Å². The second-order valence-electron chi connectivity index (χ2n) is 5.84. The Bertz CT molecular complexity index is 419. The van der Waals surface area contributed by atoms with Crippen molar-refractivity contribution in [3.8, 4) is 0 Å². The Kier molecular flexibility index (Phi) is 4.61. The average molecular weight is 262 g/mol. The van der Waals surface area contributed by atoms with E-state index in [0.717, 1.165) is 35.6 Å². The van der Waals surface area contributed by atoms with Gasteiger partial charge in [-0.25, -0.2) is 9.97 Å². The van der Waals surface area contributed by atoms with Crippen LogP contribution in [0.5, 0.6) is 0 Å². The number of aromatic nitrogens is 2. The van der Waals surface area contributed by atoms with E-state index in [1.807, 2.05) is 0 Å². The molecular weight excluding hydrogens is 236 g/mol. The molecule has 1 aromatic heterocycles. The summed E-state index contributed by atoms with van der Waals surface area (Å²) in [7, 11) is 0. The summed E-state index contributed by atoms with van der Waals surface area (Å²) < 4.78 is 0. The zero-order valence-corrected chi connectivity index (χ0v) is 12.5. The summed E-state index contributed by atoms with van der Waals surface area (Å²) in [6.45, 7) is 9.76. The standard InChI is InChI=1S/C15H26N4/c1-5-16-14-12(4)15(18-9-17-14)19-13-7-6-10(2)11(3)8-13/h9-11,13H,5-8H2,1-4H3,(H2,16,17,18,19). The molecule has 1 heterocycles.